The molecule has 0 aliphatic carbocycles. The molecule has 116 valence electrons. The van der Waals surface area contributed by atoms with E-state index in [0.717, 1.165) is 18.5 Å². The number of ether oxygens (including phenoxy) is 3. The highest BCUT2D eigenvalue weighted by molar-refractivity contribution is 5.74. The van der Waals surface area contributed by atoms with Gasteiger partial charge in [0.15, 0.2) is 23.5 Å². The first-order valence-electron chi connectivity index (χ1n) is 7.03. The fourth-order valence-electron chi connectivity index (χ4n) is 2.63. The molecule has 1 aliphatic heterocycles. The Morgan fingerprint density at radius 1 is 1.32 bits per heavy atom. The van der Waals surface area contributed by atoms with Gasteiger partial charge in [-0.2, -0.15) is 0 Å². The number of aldehydes is 1. The van der Waals surface area contributed by atoms with Crippen molar-refractivity contribution in [1.29, 1.82) is 0 Å². The van der Waals surface area contributed by atoms with Crippen LogP contribution in [0, 0.1) is 0 Å². The molecule has 0 radical (unpaired) electrons. The number of carbonyl (C=O) groups is 1. The third kappa shape index (κ3) is 2.43. The lowest BCUT2D eigenvalue weighted by Crippen LogP contribution is -2.09. The van der Waals surface area contributed by atoms with Crippen LogP contribution in [0.1, 0.15) is 35.1 Å². The topological polar surface area (TPSA) is 75.5 Å². The Morgan fingerprint density at radius 2 is 2.14 bits per heavy atom. The maximum absolute atomic E-state index is 11.2. The van der Waals surface area contributed by atoms with Gasteiger partial charge in [0.25, 0.3) is 0 Å². The molecule has 0 saturated carbocycles. The Bertz CT molecular complexity index is 677. The summed E-state index contributed by atoms with van der Waals surface area (Å²) in [7, 11) is 3.15. The zero-order valence-electron chi connectivity index (χ0n) is 12.5. The first-order valence-corrected chi connectivity index (χ1v) is 7.03. The molecule has 22 heavy (non-hydrogen) atoms. The molecule has 3 rings (SSSR count). The maximum Gasteiger partial charge on any atom is 0.172 e. The van der Waals surface area contributed by atoms with Crippen molar-refractivity contribution in [2.24, 2.45) is 0 Å². The molecule has 1 atom stereocenters. The molecule has 1 aliphatic rings. The molecule has 1 aromatic heterocycles. The maximum atomic E-state index is 11.2. The minimum Gasteiger partial charge on any atom is -0.493 e. The summed E-state index contributed by atoms with van der Waals surface area (Å²) in [5.74, 6) is 1.21. The van der Waals surface area contributed by atoms with Crippen molar-refractivity contribution < 1.29 is 19.0 Å². The molecule has 7 nitrogen and oxygen atoms in total. The predicted octanol–water partition coefficient (Wildman–Crippen LogP) is 1.95. The summed E-state index contributed by atoms with van der Waals surface area (Å²) in [4.78, 5) is 11.2. The van der Waals surface area contributed by atoms with Crippen molar-refractivity contribution in [3.05, 3.63) is 29.6 Å². The van der Waals surface area contributed by atoms with E-state index in [2.05, 4.69) is 10.3 Å². The van der Waals surface area contributed by atoms with Gasteiger partial charge < -0.3 is 14.2 Å². The van der Waals surface area contributed by atoms with Gasteiger partial charge in [0, 0.05) is 12.7 Å². The van der Waals surface area contributed by atoms with Crippen LogP contribution < -0.4 is 9.47 Å². The number of methoxy groups -OCH3 is 2. The Hall–Kier alpha value is -2.41. The smallest absolute Gasteiger partial charge is 0.172 e. The SMILES string of the molecule is COc1ccc(-n2nnc(C=O)c2C2CCCO2)cc1OC. The second-order valence-corrected chi connectivity index (χ2v) is 4.93. The van der Waals surface area contributed by atoms with Crippen molar-refractivity contribution in [2.75, 3.05) is 20.8 Å². The summed E-state index contributed by atoms with van der Waals surface area (Å²) < 4.78 is 17.9. The van der Waals surface area contributed by atoms with Gasteiger partial charge in [-0.3, -0.25) is 4.79 Å². The Morgan fingerprint density at radius 3 is 2.77 bits per heavy atom. The normalized spacial score (nSPS) is 17.5. The van der Waals surface area contributed by atoms with E-state index < -0.39 is 0 Å². The molecule has 0 N–H and O–H groups in total. The van der Waals surface area contributed by atoms with Gasteiger partial charge in [0.2, 0.25) is 0 Å². The van der Waals surface area contributed by atoms with E-state index >= 15 is 0 Å². The molecular formula is C15H17N3O4. The van der Waals surface area contributed by atoms with Crippen molar-refractivity contribution in [3.63, 3.8) is 0 Å². The van der Waals surface area contributed by atoms with Crippen molar-refractivity contribution in [3.8, 4) is 17.2 Å². The first kappa shape index (κ1) is 14.5. The number of carbonyl (C=O) groups excluding carboxylic acids is 1. The highest BCUT2D eigenvalue weighted by Crippen LogP contribution is 2.33. The van der Waals surface area contributed by atoms with E-state index in [1.54, 1.807) is 31.0 Å². The minimum absolute atomic E-state index is 0.164. The summed E-state index contributed by atoms with van der Waals surface area (Å²) in [6.45, 7) is 0.681. The molecule has 1 aromatic carbocycles. The Labute approximate surface area is 127 Å². The summed E-state index contributed by atoms with van der Waals surface area (Å²) >= 11 is 0. The highest BCUT2D eigenvalue weighted by atomic mass is 16.5. The van der Waals surface area contributed by atoms with E-state index in [4.69, 9.17) is 14.2 Å². The summed E-state index contributed by atoms with van der Waals surface area (Å²) in [6.07, 6.45) is 2.35. The largest absolute Gasteiger partial charge is 0.493 e. The van der Waals surface area contributed by atoms with E-state index in [9.17, 15) is 4.79 Å². The number of aromatic nitrogens is 3. The number of hydrogen-bond donors (Lipinski definition) is 0. The average molecular weight is 303 g/mol. The standard InChI is InChI=1S/C15H17N3O4/c1-20-12-6-5-10(8-14(12)21-2)18-15(11(9-19)16-17-18)13-4-3-7-22-13/h5-6,8-9,13H,3-4,7H2,1-2H3. The van der Waals surface area contributed by atoms with E-state index in [1.807, 2.05) is 6.07 Å². The van der Waals surface area contributed by atoms with Gasteiger partial charge >= 0.3 is 0 Å². The van der Waals surface area contributed by atoms with Crippen LogP contribution in [0.25, 0.3) is 5.69 Å². The summed E-state index contributed by atoms with van der Waals surface area (Å²) in [5.41, 5.74) is 1.73. The van der Waals surface area contributed by atoms with E-state index in [0.29, 0.717) is 35.8 Å². The minimum atomic E-state index is -0.164. The lowest BCUT2D eigenvalue weighted by molar-refractivity contribution is 0.102. The number of nitrogens with zero attached hydrogens (tertiary/aromatic N) is 3. The molecule has 1 fully saturated rings. The number of hydrogen-bond acceptors (Lipinski definition) is 6. The molecule has 2 aromatic rings. The lowest BCUT2D eigenvalue weighted by atomic mass is 10.1. The fourth-order valence-corrected chi connectivity index (χ4v) is 2.63. The van der Waals surface area contributed by atoms with Gasteiger partial charge in [0.1, 0.15) is 11.8 Å². The van der Waals surface area contributed by atoms with Gasteiger partial charge in [-0.05, 0) is 25.0 Å². The van der Waals surface area contributed by atoms with Crippen LogP contribution in [-0.2, 0) is 4.74 Å². The Kier molecular flexibility index (Phi) is 4.06. The fraction of sp³-hybridized carbons (Fsp3) is 0.400. The van der Waals surface area contributed by atoms with E-state index in [1.165, 1.54) is 0 Å². The van der Waals surface area contributed by atoms with Crippen LogP contribution in [0.3, 0.4) is 0 Å². The molecule has 2 heterocycles. The quantitative estimate of drug-likeness (QED) is 0.786. The predicted molar refractivity (Wildman–Crippen MR) is 77.8 cm³/mol. The van der Waals surface area contributed by atoms with Gasteiger partial charge in [-0.25, -0.2) is 4.68 Å². The number of benzene rings is 1. The molecule has 0 spiro atoms. The molecule has 0 amide bonds. The highest BCUT2D eigenvalue weighted by Gasteiger charge is 2.27. The number of rotatable bonds is 5. The molecule has 1 saturated heterocycles. The first-order chi connectivity index (χ1) is 10.8. The zero-order chi connectivity index (χ0) is 15.5. The van der Waals surface area contributed by atoms with Gasteiger partial charge in [-0.15, -0.1) is 5.10 Å². The van der Waals surface area contributed by atoms with Crippen LogP contribution in [0.5, 0.6) is 11.5 Å². The summed E-state index contributed by atoms with van der Waals surface area (Å²) in [5, 5.41) is 8.04. The molecule has 0 bridgehead atoms. The van der Waals surface area contributed by atoms with E-state index in [-0.39, 0.29) is 6.10 Å². The van der Waals surface area contributed by atoms with Crippen LogP contribution in [-0.4, -0.2) is 42.1 Å². The van der Waals surface area contributed by atoms with Crippen LogP contribution >= 0.6 is 0 Å². The molecule has 1 unspecified atom stereocenters. The second kappa shape index (κ2) is 6.15. The third-order valence-electron chi connectivity index (χ3n) is 3.69. The molecular weight excluding hydrogens is 286 g/mol. The third-order valence-corrected chi connectivity index (χ3v) is 3.69. The molecule has 7 heteroatoms. The summed E-state index contributed by atoms with van der Waals surface area (Å²) in [6, 6.07) is 5.42. The average Bonchev–Trinajstić information content (AvgIpc) is 3.22. The van der Waals surface area contributed by atoms with Crippen molar-refractivity contribution in [2.45, 2.75) is 18.9 Å². The second-order valence-electron chi connectivity index (χ2n) is 4.93. The van der Waals surface area contributed by atoms with Crippen LogP contribution in [0.4, 0.5) is 0 Å². The zero-order valence-corrected chi connectivity index (χ0v) is 12.5. The van der Waals surface area contributed by atoms with Crippen LogP contribution in [0.15, 0.2) is 18.2 Å². The van der Waals surface area contributed by atoms with Gasteiger partial charge in [-0.1, -0.05) is 5.21 Å². The Balaban J connectivity index is 2.08. The monoisotopic (exact) mass is 303 g/mol. The van der Waals surface area contributed by atoms with Crippen LogP contribution in [0.2, 0.25) is 0 Å². The van der Waals surface area contributed by atoms with Gasteiger partial charge in [0.05, 0.1) is 19.9 Å². The lowest BCUT2D eigenvalue weighted by Gasteiger charge is -2.14. The van der Waals surface area contributed by atoms with Crippen molar-refractivity contribution >= 4 is 6.29 Å². The van der Waals surface area contributed by atoms with Crippen molar-refractivity contribution in [1.82, 2.24) is 15.0 Å².